The molecule has 3 aromatic rings. The average Bonchev–Trinajstić information content (AvgIpc) is 2.91. The maximum atomic E-state index is 14.8. The first kappa shape index (κ1) is 27.7. The first-order valence-corrected chi connectivity index (χ1v) is 12.2. The second kappa shape index (κ2) is 13.4. The Morgan fingerprint density at radius 1 is 0.784 bits per heavy atom. The maximum absolute atomic E-state index is 14.8. The van der Waals surface area contributed by atoms with Gasteiger partial charge in [-0.05, 0) is 48.4 Å². The fraction of sp³-hybridized carbons (Fsp3) is 0.310. The van der Waals surface area contributed by atoms with E-state index in [2.05, 4.69) is 6.92 Å². The molecule has 194 valence electrons. The lowest BCUT2D eigenvalue weighted by molar-refractivity contribution is 0.0734. The Morgan fingerprint density at radius 3 is 1.92 bits per heavy atom. The maximum Gasteiger partial charge on any atom is 0.343 e. The summed E-state index contributed by atoms with van der Waals surface area (Å²) >= 11 is 0. The van der Waals surface area contributed by atoms with Gasteiger partial charge in [-0.15, -0.1) is 0 Å². The first-order chi connectivity index (χ1) is 17.9. The van der Waals surface area contributed by atoms with Gasteiger partial charge in [-0.2, -0.15) is 14.0 Å². The third-order valence-electron chi connectivity index (χ3n) is 5.82. The van der Waals surface area contributed by atoms with Gasteiger partial charge in [0.2, 0.25) is 11.6 Å². The Kier molecular flexibility index (Phi) is 10.1. The van der Waals surface area contributed by atoms with Crippen molar-refractivity contribution in [3.8, 4) is 28.7 Å². The molecular formula is C29H27F4NO3. The van der Waals surface area contributed by atoms with Crippen molar-refractivity contribution in [2.45, 2.75) is 51.9 Å². The molecule has 0 aromatic heterocycles. The lowest BCUT2D eigenvalue weighted by atomic mass is 10.0. The quantitative estimate of drug-likeness (QED) is 0.0807. The molecule has 0 aliphatic heterocycles. The van der Waals surface area contributed by atoms with Crippen molar-refractivity contribution in [3.63, 3.8) is 0 Å². The molecule has 0 aliphatic carbocycles. The molecule has 37 heavy (non-hydrogen) atoms. The van der Waals surface area contributed by atoms with Crippen molar-refractivity contribution in [1.82, 2.24) is 0 Å². The molecule has 8 heteroatoms. The van der Waals surface area contributed by atoms with Crippen LogP contribution in [0.3, 0.4) is 0 Å². The lowest BCUT2D eigenvalue weighted by Crippen LogP contribution is -2.09. The van der Waals surface area contributed by atoms with E-state index < -0.39 is 40.6 Å². The number of unbranched alkanes of at least 4 members (excludes halogenated alkanes) is 6. The van der Waals surface area contributed by atoms with Crippen LogP contribution in [0, 0.1) is 34.6 Å². The molecule has 0 radical (unpaired) electrons. The number of hydrogen-bond donors (Lipinski definition) is 0. The number of carbonyl (C=O) groups excluding carboxylic acids is 1. The minimum atomic E-state index is -1.61. The number of hydrogen-bond acceptors (Lipinski definition) is 4. The molecule has 4 nitrogen and oxygen atoms in total. The lowest BCUT2D eigenvalue weighted by Gasteiger charge is -2.13. The van der Waals surface area contributed by atoms with Gasteiger partial charge >= 0.3 is 5.97 Å². The molecule has 0 saturated carbocycles. The summed E-state index contributed by atoms with van der Waals surface area (Å²) in [6.07, 6.45) is 6.71. The minimum Gasteiger partial charge on any atom is -0.487 e. The molecule has 0 heterocycles. The van der Waals surface area contributed by atoms with Gasteiger partial charge in [0.05, 0.1) is 29.4 Å². The van der Waals surface area contributed by atoms with Crippen molar-refractivity contribution in [2.75, 3.05) is 6.61 Å². The minimum absolute atomic E-state index is 0.0458. The Labute approximate surface area is 213 Å². The summed E-state index contributed by atoms with van der Waals surface area (Å²) in [5.41, 5.74) is -0.627. The van der Waals surface area contributed by atoms with Gasteiger partial charge in [-0.1, -0.05) is 57.6 Å². The van der Waals surface area contributed by atoms with Crippen LogP contribution in [0.2, 0.25) is 0 Å². The number of benzene rings is 3. The molecular weight excluding hydrogens is 486 g/mol. The van der Waals surface area contributed by atoms with E-state index in [0.29, 0.717) is 12.0 Å². The third kappa shape index (κ3) is 7.10. The highest BCUT2D eigenvalue weighted by Gasteiger charge is 2.27. The predicted octanol–water partition coefficient (Wildman–Crippen LogP) is 8.13. The van der Waals surface area contributed by atoms with Crippen molar-refractivity contribution >= 4 is 5.97 Å². The van der Waals surface area contributed by atoms with Crippen LogP contribution < -0.4 is 9.47 Å². The van der Waals surface area contributed by atoms with Crippen LogP contribution in [0.15, 0.2) is 48.5 Å². The van der Waals surface area contributed by atoms with Gasteiger partial charge in [-0.3, -0.25) is 0 Å². The number of ether oxygens (including phenoxy) is 2. The average molecular weight is 514 g/mol. The largest absolute Gasteiger partial charge is 0.487 e. The molecule has 0 spiro atoms. The van der Waals surface area contributed by atoms with E-state index in [4.69, 9.17) is 14.7 Å². The number of esters is 1. The zero-order valence-electron chi connectivity index (χ0n) is 20.5. The summed E-state index contributed by atoms with van der Waals surface area (Å²) in [5, 5.41) is 8.82. The van der Waals surface area contributed by atoms with Crippen LogP contribution in [0.5, 0.6) is 11.5 Å². The summed E-state index contributed by atoms with van der Waals surface area (Å²) in [6, 6.07) is 12.5. The summed E-state index contributed by atoms with van der Waals surface area (Å²) < 4.78 is 69.0. The number of nitrogens with zero attached hydrogens (tertiary/aromatic N) is 1. The second-order valence-electron chi connectivity index (χ2n) is 8.53. The number of nitriles is 1. The van der Waals surface area contributed by atoms with Crippen molar-refractivity contribution in [3.05, 3.63) is 82.9 Å². The normalized spacial score (nSPS) is 10.7. The zero-order chi connectivity index (χ0) is 26.8. The molecule has 0 atom stereocenters. The topological polar surface area (TPSA) is 59.3 Å². The molecule has 0 aliphatic rings. The number of carbonyl (C=O) groups is 1. The van der Waals surface area contributed by atoms with Crippen molar-refractivity contribution < 1.29 is 31.8 Å². The van der Waals surface area contributed by atoms with Crippen molar-refractivity contribution in [2.24, 2.45) is 0 Å². The summed E-state index contributed by atoms with van der Waals surface area (Å²) in [4.78, 5) is 12.3. The Hall–Kier alpha value is -3.86. The van der Waals surface area contributed by atoms with E-state index in [9.17, 15) is 22.4 Å². The molecule has 0 bridgehead atoms. The van der Waals surface area contributed by atoms with E-state index in [1.54, 1.807) is 0 Å². The van der Waals surface area contributed by atoms with Crippen LogP contribution in [0.25, 0.3) is 11.1 Å². The summed E-state index contributed by atoms with van der Waals surface area (Å²) in [6.45, 7) is 2.06. The fourth-order valence-electron chi connectivity index (χ4n) is 3.76. The van der Waals surface area contributed by atoms with Gasteiger partial charge < -0.3 is 9.47 Å². The molecule has 3 rings (SSSR count). The van der Waals surface area contributed by atoms with Gasteiger partial charge in [0.15, 0.2) is 17.4 Å². The monoisotopic (exact) mass is 513 g/mol. The third-order valence-corrected chi connectivity index (χ3v) is 5.82. The van der Waals surface area contributed by atoms with Crippen molar-refractivity contribution in [1.29, 1.82) is 5.26 Å². The Balaban J connectivity index is 1.68. The van der Waals surface area contributed by atoms with E-state index in [0.717, 1.165) is 50.7 Å². The van der Waals surface area contributed by atoms with Crippen LogP contribution in [0.1, 0.15) is 67.8 Å². The SMILES string of the molecule is CCCCCCCCCOc1c(F)c(F)c(-c2ccc(C(=O)Oc3ccc(C#N)cc3)cc2)c(F)c1F. The van der Waals surface area contributed by atoms with Gasteiger partial charge in [0, 0.05) is 0 Å². The standard InChI is InChI=1S/C29H27F4NO3/c1-2-3-4-5-6-7-8-17-36-28-26(32)24(30)23(25(31)27(28)33)20-11-13-21(14-12-20)29(35)37-22-15-9-19(18-34)10-16-22/h9-16H,2-8,17H2,1H3. The number of rotatable bonds is 12. The molecule has 0 N–H and O–H groups in total. The smallest absolute Gasteiger partial charge is 0.343 e. The summed E-state index contributed by atoms with van der Waals surface area (Å²) in [7, 11) is 0. The van der Waals surface area contributed by atoms with Crippen LogP contribution in [0.4, 0.5) is 17.6 Å². The highest BCUT2D eigenvalue weighted by atomic mass is 19.2. The van der Waals surface area contributed by atoms with E-state index in [1.807, 2.05) is 6.07 Å². The highest BCUT2D eigenvalue weighted by Crippen LogP contribution is 2.36. The number of halogens is 4. The summed E-state index contributed by atoms with van der Waals surface area (Å²) in [5.74, 6) is -8.03. The van der Waals surface area contributed by atoms with Crippen LogP contribution in [-0.4, -0.2) is 12.6 Å². The molecule has 0 saturated heterocycles. The first-order valence-electron chi connectivity index (χ1n) is 12.2. The van der Waals surface area contributed by atoms with E-state index >= 15 is 0 Å². The highest BCUT2D eigenvalue weighted by molar-refractivity contribution is 5.91. The van der Waals surface area contributed by atoms with E-state index in [-0.39, 0.29) is 23.5 Å². The van der Waals surface area contributed by atoms with Crippen LogP contribution in [-0.2, 0) is 0 Å². The molecule has 0 unspecified atom stereocenters. The van der Waals surface area contributed by atoms with Gasteiger partial charge in [0.25, 0.3) is 0 Å². The van der Waals surface area contributed by atoms with Gasteiger partial charge in [0.1, 0.15) is 5.75 Å². The van der Waals surface area contributed by atoms with Crippen LogP contribution >= 0.6 is 0 Å². The van der Waals surface area contributed by atoms with Gasteiger partial charge in [-0.25, -0.2) is 13.6 Å². The second-order valence-corrected chi connectivity index (χ2v) is 8.53. The molecule has 3 aromatic carbocycles. The zero-order valence-corrected chi connectivity index (χ0v) is 20.5. The fourth-order valence-corrected chi connectivity index (χ4v) is 3.76. The Morgan fingerprint density at radius 2 is 1.35 bits per heavy atom. The van der Waals surface area contributed by atoms with E-state index in [1.165, 1.54) is 36.4 Å². The Bertz CT molecular complexity index is 1220. The molecule has 0 amide bonds. The predicted molar refractivity (Wildman–Crippen MR) is 131 cm³/mol. The molecule has 0 fully saturated rings.